The van der Waals surface area contributed by atoms with Gasteiger partial charge < -0.3 is 16.6 Å². The van der Waals surface area contributed by atoms with E-state index in [1.54, 1.807) is 6.07 Å². The lowest BCUT2D eigenvalue weighted by atomic mass is 10.0. The third-order valence-corrected chi connectivity index (χ3v) is 2.02. The van der Waals surface area contributed by atoms with Gasteiger partial charge in [-0.25, -0.2) is 0 Å². The van der Waals surface area contributed by atoms with Gasteiger partial charge in [0.1, 0.15) is 5.75 Å². The van der Waals surface area contributed by atoms with Gasteiger partial charge in [-0.3, -0.25) is 0 Å². The molecule has 0 aliphatic rings. The van der Waals surface area contributed by atoms with Crippen molar-refractivity contribution >= 4 is 0 Å². The first-order valence-electron chi connectivity index (χ1n) is 4.42. The maximum absolute atomic E-state index is 9.46. The van der Waals surface area contributed by atoms with Crippen LogP contribution in [0, 0.1) is 0 Å². The van der Waals surface area contributed by atoms with E-state index < -0.39 is 0 Å². The Morgan fingerprint density at radius 2 is 2.15 bits per heavy atom. The third kappa shape index (κ3) is 2.44. The summed E-state index contributed by atoms with van der Waals surface area (Å²) in [6.07, 6.45) is 0.819. The van der Waals surface area contributed by atoms with Gasteiger partial charge in [0.05, 0.1) is 0 Å². The monoisotopic (exact) mass is 180 g/mol. The summed E-state index contributed by atoms with van der Waals surface area (Å²) in [6.45, 7) is 2.46. The van der Waals surface area contributed by atoms with Crippen LogP contribution in [0.4, 0.5) is 0 Å². The number of rotatable bonds is 3. The van der Waals surface area contributed by atoms with Gasteiger partial charge in [0.15, 0.2) is 0 Å². The highest BCUT2D eigenvalue weighted by Crippen LogP contribution is 2.23. The molecular weight excluding hydrogens is 164 g/mol. The maximum Gasteiger partial charge on any atom is 0.120 e. The topological polar surface area (TPSA) is 72.3 Å². The molecule has 0 fully saturated rings. The summed E-state index contributed by atoms with van der Waals surface area (Å²) in [7, 11) is 0. The fourth-order valence-electron chi connectivity index (χ4n) is 1.29. The molecule has 0 radical (unpaired) electrons. The first-order chi connectivity index (χ1) is 6.15. The highest BCUT2D eigenvalue weighted by atomic mass is 16.3. The van der Waals surface area contributed by atoms with Crippen LogP contribution in [0.15, 0.2) is 18.2 Å². The van der Waals surface area contributed by atoms with Crippen molar-refractivity contribution in [2.45, 2.75) is 19.4 Å². The molecule has 0 aliphatic carbocycles. The van der Waals surface area contributed by atoms with E-state index in [1.165, 1.54) is 0 Å². The average Bonchev–Trinajstić information content (AvgIpc) is 2.08. The Labute approximate surface area is 78.4 Å². The Balaban J connectivity index is 2.97. The third-order valence-electron chi connectivity index (χ3n) is 2.02. The Bertz CT molecular complexity index is 284. The second-order valence-corrected chi connectivity index (χ2v) is 3.22. The number of hydrogen-bond acceptors (Lipinski definition) is 3. The van der Waals surface area contributed by atoms with Gasteiger partial charge in [-0.05, 0) is 31.5 Å². The molecule has 72 valence electrons. The number of benzene rings is 1. The standard InChI is InChI=1S/C10H16N2O/c1-7(12)9-6-8(4-5-11)2-3-10(9)13/h2-3,6-7,13H,4-5,11-12H2,1H3/t7-/m1/s1. The minimum Gasteiger partial charge on any atom is -0.508 e. The second-order valence-electron chi connectivity index (χ2n) is 3.22. The van der Waals surface area contributed by atoms with Crippen molar-refractivity contribution in [1.82, 2.24) is 0 Å². The largest absolute Gasteiger partial charge is 0.508 e. The van der Waals surface area contributed by atoms with Crippen LogP contribution >= 0.6 is 0 Å². The molecule has 0 aromatic heterocycles. The molecule has 0 amide bonds. The first kappa shape index (κ1) is 10.0. The fourth-order valence-corrected chi connectivity index (χ4v) is 1.29. The molecule has 0 bridgehead atoms. The molecule has 3 nitrogen and oxygen atoms in total. The molecule has 0 spiro atoms. The van der Waals surface area contributed by atoms with Gasteiger partial charge in [0.2, 0.25) is 0 Å². The van der Waals surface area contributed by atoms with E-state index in [2.05, 4.69) is 0 Å². The summed E-state index contributed by atoms with van der Waals surface area (Å²) in [4.78, 5) is 0. The molecule has 1 aromatic rings. The van der Waals surface area contributed by atoms with E-state index in [-0.39, 0.29) is 11.8 Å². The lowest BCUT2D eigenvalue weighted by Crippen LogP contribution is -2.07. The highest BCUT2D eigenvalue weighted by Gasteiger charge is 2.06. The van der Waals surface area contributed by atoms with E-state index in [4.69, 9.17) is 11.5 Å². The van der Waals surface area contributed by atoms with Crippen molar-refractivity contribution < 1.29 is 5.11 Å². The first-order valence-corrected chi connectivity index (χ1v) is 4.42. The van der Waals surface area contributed by atoms with Crippen LogP contribution in [0.25, 0.3) is 0 Å². The van der Waals surface area contributed by atoms with Gasteiger partial charge in [0.25, 0.3) is 0 Å². The summed E-state index contributed by atoms with van der Waals surface area (Å²) >= 11 is 0. The van der Waals surface area contributed by atoms with E-state index in [1.807, 2.05) is 19.1 Å². The fraction of sp³-hybridized carbons (Fsp3) is 0.400. The maximum atomic E-state index is 9.46. The van der Waals surface area contributed by atoms with Gasteiger partial charge in [-0.15, -0.1) is 0 Å². The average molecular weight is 180 g/mol. The summed E-state index contributed by atoms with van der Waals surface area (Å²) in [6, 6.07) is 5.31. The van der Waals surface area contributed by atoms with Gasteiger partial charge >= 0.3 is 0 Å². The number of phenolic OH excluding ortho intramolecular Hbond substituents is 1. The lowest BCUT2D eigenvalue weighted by Gasteiger charge is -2.10. The molecule has 0 heterocycles. The van der Waals surface area contributed by atoms with Crippen LogP contribution in [0.5, 0.6) is 5.75 Å². The number of phenols is 1. The minimum absolute atomic E-state index is 0.141. The zero-order valence-electron chi connectivity index (χ0n) is 7.83. The highest BCUT2D eigenvalue weighted by molar-refractivity contribution is 5.38. The predicted octanol–water partition coefficient (Wildman–Crippen LogP) is 0.913. The van der Waals surface area contributed by atoms with E-state index >= 15 is 0 Å². The normalized spacial score (nSPS) is 12.8. The molecule has 0 saturated heterocycles. The second kappa shape index (κ2) is 4.25. The lowest BCUT2D eigenvalue weighted by molar-refractivity contribution is 0.463. The summed E-state index contributed by atoms with van der Waals surface area (Å²) in [5.74, 6) is 0.260. The molecule has 3 heteroatoms. The Morgan fingerprint density at radius 1 is 1.46 bits per heavy atom. The molecule has 1 atom stereocenters. The molecule has 5 N–H and O–H groups in total. The molecular formula is C10H16N2O. The summed E-state index contributed by atoms with van der Waals surface area (Å²) in [5, 5.41) is 9.46. The summed E-state index contributed by atoms with van der Waals surface area (Å²) in [5.41, 5.74) is 13.0. The van der Waals surface area contributed by atoms with Crippen LogP contribution in [-0.2, 0) is 6.42 Å². The molecule has 1 aromatic carbocycles. The van der Waals surface area contributed by atoms with E-state index in [0.29, 0.717) is 6.54 Å². The molecule has 0 saturated carbocycles. The predicted molar refractivity (Wildman–Crippen MR) is 53.5 cm³/mol. The van der Waals surface area contributed by atoms with Crippen LogP contribution in [0.1, 0.15) is 24.1 Å². The molecule has 1 rings (SSSR count). The van der Waals surface area contributed by atoms with Crippen molar-refractivity contribution in [1.29, 1.82) is 0 Å². The van der Waals surface area contributed by atoms with Crippen LogP contribution < -0.4 is 11.5 Å². The van der Waals surface area contributed by atoms with Crippen LogP contribution in [0.2, 0.25) is 0 Å². The van der Waals surface area contributed by atoms with E-state index in [9.17, 15) is 5.11 Å². The van der Waals surface area contributed by atoms with Crippen molar-refractivity contribution in [2.75, 3.05) is 6.54 Å². The van der Waals surface area contributed by atoms with E-state index in [0.717, 1.165) is 17.5 Å². The van der Waals surface area contributed by atoms with Crippen molar-refractivity contribution in [2.24, 2.45) is 11.5 Å². The van der Waals surface area contributed by atoms with Crippen molar-refractivity contribution in [3.8, 4) is 5.75 Å². The van der Waals surface area contributed by atoms with Gasteiger partial charge in [-0.1, -0.05) is 12.1 Å². The zero-order chi connectivity index (χ0) is 9.84. The molecule has 0 aliphatic heterocycles. The quantitative estimate of drug-likeness (QED) is 0.647. The van der Waals surface area contributed by atoms with Crippen LogP contribution in [-0.4, -0.2) is 11.7 Å². The summed E-state index contributed by atoms with van der Waals surface area (Å²) < 4.78 is 0. The Hall–Kier alpha value is -1.06. The Morgan fingerprint density at radius 3 is 2.69 bits per heavy atom. The zero-order valence-corrected chi connectivity index (χ0v) is 7.83. The number of nitrogens with two attached hydrogens (primary N) is 2. The minimum atomic E-state index is -0.141. The van der Waals surface area contributed by atoms with Gasteiger partial charge in [0, 0.05) is 11.6 Å². The SMILES string of the molecule is C[C@@H](N)c1cc(CCN)ccc1O. The van der Waals surface area contributed by atoms with Crippen LogP contribution in [0.3, 0.4) is 0 Å². The Kier molecular flexibility index (Phi) is 3.28. The molecule has 0 unspecified atom stereocenters. The number of hydrogen-bond donors (Lipinski definition) is 3. The van der Waals surface area contributed by atoms with Crippen molar-refractivity contribution in [3.05, 3.63) is 29.3 Å². The van der Waals surface area contributed by atoms with Gasteiger partial charge in [-0.2, -0.15) is 0 Å². The smallest absolute Gasteiger partial charge is 0.120 e. The van der Waals surface area contributed by atoms with Crippen molar-refractivity contribution in [3.63, 3.8) is 0 Å². The number of aromatic hydroxyl groups is 1. The molecule has 13 heavy (non-hydrogen) atoms.